The van der Waals surface area contributed by atoms with Gasteiger partial charge in [0, 0.05) is 10.4 Å². The van der Waals surface area contributed by atoms with Gasteiger partial charge < -0.3 is 10.1 Å². The highest BCUT2D eigenvalue weighted by atomic mass is 32.2. The molecule has 0 aliphatic carbocycles. The van der Waals surface area contributed by atoms with Crippen molar-refractivity contribution in [2.24, 2.45) is 0 Å². The van der Waals surface area contributed by atoms with Crippen molar-refractivity contribution in [3.05, 3.63) is 24.3 Å². The highest BCUT2D eigenvalue weighted by molar-refractivity contribution is 8.00. The molecule has 100 valence electrons. The Kier molecular flexibility index (Phi) is 5.54. The summed E-state index contributed by atoms with van der Waals surface area (Å²) in [5, 5.41) is 2.94. The van der Waals surface area contributed by atoms with Gasteiger partial charge >= 0.3 is 0 Å². The van der Waals surface area contributed by atoms with Gasteiger partial charge in [0.25, 0.3) is 0 Å². The summed E-state index contributed by atoms with van der Waals surface area (Å²) < 4.78 is 5.36. The Balaban J connectivity index is 2.41. The van der Waals surface area contributed by atoms with Crippen molar-refractivity contribution in [3.63, 3.8) is 0 Å². The summed E-state index contributed by atoms with van der Waals surface area (Å²) in [6, 6.07) is 7.79. The van der Waals surface area contributed by atoms with Crippen molar-refractivity contribution in [2.75, 3.05) is 12.4 Å². The van der Waals surface area contributed by atoms with Crippen molar-refractivity contribution in [2.45, 2.75) is 38.1 Å². The molecule has 1 N–H and O–H groups in total. The van der Waals surface area contributed by atoms with E-state index in [9.17, 15) is 4.79 Å². The quantitative estimate of drug-likeness (QED) is 0.833. The number of thioether (sulfide) groups is 1. The van der Waals surface area contributed by atoms with Crippen LogP contribution in [0.25, 0.3) is 0 Å². The first-order valence-electron chi connectivity index (χ1n) is 6.07. The highest BCUT2D eigenvalue weighted by Gasteiger charge is 2.13. The van der Waals surface area contributed by atoms with E-state index in [4.69, 9.17) is 4.74 Å². The number of amides is 1. The number of carbonyl (C=O) groups is 1. The van der Waals surface area contributed by atoms with Gasteiger partial charge in [0.05, 0.1) is 12.4 Å². The molecule has 1 amide bonds. The van der Waals surface area contributed by atoms with E-state index >= 15 is 0 Å². The van der Waals surface area contributed by atoms with E-state index in [2.05, 4.69) is 5.32 Å². The van der Waals surface area contributed by atoms with Crippen molar-refractivity contribution in [1.82, 2.24) is 5.32 Å². The van der Waals surface area contributed by atoms with Gasteiger partial charge in [-0.3, -0.25) is 4.79 Å². The molecule has 4 heteroatoms. The van der Waals surface area contributed by atoms with Gasteiger partial charge in [-0.1, -0.05) is 0 Å². The Hall–Kier alpha value is -1.16. The second-order valence-corrected chi connectivity index (χ2v) is 6.04. The summed E-state index contributed by atoms with van der Waals surface area (Å²) in [5.41, 5.74) is -0.170. The molecule has 1 rings (SSSR count). The van der Waals surface area contributed by atoms with E-state index in [1.807, 2.05) is 52.0 Å². The first-order valence-corrected chi connectivity index (χ1v) is 7.06. The topological polar surface area (TPSA) is 38.3 Å². The largest absolute Gasteiger partial charge is 0.494 e. The summed E-state index contributed by atoms with van der Waals surface area (Å²) in [7, 11) is 0. The maximum Gasteiger partial charge on any atom is 0.230 e. The second kappa shape index (κ2) is 6.69. The van der Waals surface area contributed by atoms with Crippen LogP contribution in [0.1, 0.15) is 27.7 Å². The van der Waals surface area contributed by atoms with Crippen LogP contribution in [0.5, 0.6) is 5.75 Å². The van der Waals surface area contributed by atoms with Crippen LogP contribution in [-0.4, -0.2) is 23.8 Å². The fraction of sp³-hybridized carbons (Fsp3) is 0.500. The number of carbonyl (C=O) groups excluding carboxylic acids is 1. The molecular formula is C14H21NO2S. The van der Waals surface area contributed by atoms with Crippen molar-refractivity contribution in [3.8, 4) is 5.75 Å². The van der Waals surface area contributed by atoms with Gasteiger partial charge in [0.15, 0.2) is 0 Å². The number of hydrogen-bond donors (Lipinski definition) is 1. The van der Waals surface area contributed by atoms with Crippen molar-refractivity contribution >= 4 is 17.7 Å². The normalized spacial score (nSPS) is 11.1. The van der Waals surface area contributed by atoms with E-state index in [0.29, 0.717) is 12.4 Å². The number of rotatable bonds is 5. The zero-order chi connectivity index (χ0) is 13.6. The maximum atomic E-state index is 11.6. The molecule has 18 heavy (non-hydrogen) atoms. The fourth-order valence-electron chi connectivity index (χ4n) is 1.40. The number of ether oxygens (including phenoxy) is 1. The molecular weight excluding hydrogens is 246 g/mol. The summed E-state index contributed by atoms with van der Waals surface area (Å²) in [4.78, 5) is 12.7. The van der Waals surface area contributed by atoms with Crippen LogP contribution in [0.4, 0.5) is 0 Å². The first-order chi connectivity index (χ1) is 8.40. The average molecular weight is 267 g/mol. The Labute approximate surface area is 113 Å². The van der Waals surface area contributed by atoms with Gasteiger partial charge in [0.2, 0.25) is 5.91 Å². The molecule has 1 aromatic rings. The minimum atomic E-state index is -0.170. The standard InChI is InChI=1S/C14H21NO2S/c1-5-17-11-6-8-12(9-7-11)18-10-13(16)15-14(2,3)4/h6-9H,5,10H2,1-4H3,(H,15,16). The number of benzene rings is 1. The molecule has 0 saturated heterocycles. The Morgan fingerprint density at radius 3 is 2.39 bits per heavy atom. The molecule has 0 bridgehead atoms. The predicted octanol–water partition coefficient (Wildman–Crippen LogP) is 3.09. The summed E-state index contributed by atoms with van der Waals surface area (Å²) in [6.45, 7) is 8.56. The lowest BCUT2D eigenvalue weighted by Crippen LogP contribution is -2.41. The summed E-state index contributed by atoms with van der Waals surface area (Å²) >= 11 is 1.53. The Bertz CT molecular complexity index is 382. The van der Waals surface area contributed by atoms with E-state index < -0.39 is 0 Å². The number of nitrogens with one attached hydrogen (secondary N) is 1. The van der Waals surface area contributed by atoms with E-state index in [0.717, 1.165) is 10.6 Å². The molecule has 1 aromatic carbocycles. The van der Waals surface area contributed by atoms with Gasteiger partial charge in [-0.25, -0.2) is 0 Å². The molecule has 0 aliphatic heterocycles. The van der Waals surface area contributed by atoms with E-state index in [-0.39, 0.29) is 11.4 Å². The van der Waals surface area contributed by atoms with Crippen LogP contribution in [0.2, 0.25) is 0 Å². The Morgan fingerprint density at radius 1 is 1.28 bits per heavy atom. The van der Waals surface area contributed by atoms with E-state index in [1.54, 1.807) is 0 Å². The number of hydrogen-bond acceptors (Lipinski definition) is 3. The van der Waals surface area contributed by atoms with E-state index in [1.165, 1.54) is 11.8 Å². The predicted molar refractivity (Wildman–Crippen MR) is 76.2 cm³/mol. The first kappa shape index (κ1) is 14.9. The molecule has 0 spiro atoms. The van der Waals surface area contributed by atoms with Crippen LogP contribution in [0.3, 0.4) is 0 Å². The molecule has 0 fully saturated rings. The zero-order valence-electron chi connectivity index (χ0n) is 11.4. The summed E-state index contributed by atoms with van der Waals surface area (Å²) in [5.74, 6) is 1.35. The molecule has 0 radical (unpaired) electrons. The molecule has 0 saturated carbocycles. The monoisotopic (exact) mass is 267 g/mol. The fourth-order valence-corrected chi connectivity index (χ4v) is 2.10. The third-order valence-electron chi connectivity index (χ3n) is 2.02. The highest BCUT2D eigenvalue weighted by Crippen LogP contribution is 2.21. The molecule has 0 atom stereocenters. The average Bonchev–Trinajstić information content (AvgIpc) is 2.26. The minimum absolute atomic E-state index is 0.0568. The van der Waals surface area contributed by atoms with Gasteiger partial charge in [-0.05, 0) is 52.0 Å². The van der Waals surface area contributed by atoms with Crippen LogP contribution >= 0.6 is 11.8 Å². The molecule has 3 nitrogen and oxygen atoms in total. The SMILES string of the molecule is CCOc1ccc(SCC(=O)NC(C)(C)C)cc1. The minimum Gasteiger partial charge on any atom is -0.494 e. The molecule has 0 aromatic heterocycles. The second-order valence-electron chi connectivity index (χ2n) is 4.99. The van der Waals surface area contributed by atoms with Crippen LogP contribution in [0, 0.1) is 0 Å². The zero-order valence-corrected chi connectivity index (χ0v) is 12.3. The van der Waals surface area contributed by atoms with Gasteiger partial charge in [0.1, 0.15) is 5.75 Å². The summed E-state index contributed by atoms with van der Waals surface area (Å²) in [6.07, 6.45) is 0. The van der Waals surface area contributed by atoms with Crippen LogP contribution < -0.4 is 10.1 Å². The molecule has 0 aliphatic rings. The Morgan fingerprint density at radius 2 is 1.89 bits per heavy atom. The van der Waals surface area contributed by atoms with Crippen LogP contribution in [-0.2, 0) is 4.79 Å². The third-order valence-corrected chi connectivity index (χ3v) is 3.03. The third kappa shape index (κ3) is 5.96. The smallest absolute Gasteiger partial charge is 0.230 e. The van der Waals surface area contributed by atoms with Gasteiger partial charge in [-0.15, -0.1) is 11.8 Å². The lowest BCUT2D eigenvalue weighted by molar-refractivity contribution is -0.119. The molecule has 0 unspecified atom stereocenters. The lowest BCUT2D eigenvalue weighted by Gasteiger charge is -2.20. The maximum absolute atomic E-state index is 11.6. The van der Waals surface area contributed by atoms with Gasteiger partial charge in [-0.2, -0.15) is 0 Å². The van der Waals surface area contributed by atoms with Crippen LogP contribution in [0.15, 0.2) is 29.2 Å². The molecule has 0 heterocycles. The lowest BCUT2D eigenvalue weighted by atomic mass is 10.1. The van der Waals surface area contributed by atoms with Crippen molar-refractivity contribution in [1.29, 1.82) is 0 Å². The van der Waals surface area contributed by atoms with Crippen molar-refractivity contribution < 1.29 is 9.53 Å².